The number of nitrogen functional groups attached to an aromatic ring is 2. The molecule has 2 aromatic carbocycles. The van der Waals surface area contributed by atoms with Crippen molar-refractivity contribution in [2.24, 2.45) is 0 Å². The lowest BCUT2D eigenvalue weighted by molar-refractivity contribution is 0.835. The molecule has 0 heterocycles. The number of likely N-dealkylation sites (N-methyl/N-ethyl adjacent to an activating group) is 1. The first kappa shape index (κ1) is 14.1. The number of nitrogens with zero attached hydrogens (tertiary/aromatic N) is 1. The Labute approximate surface area is 120 Å². The van der Waals surface area contributed by atoms with E-state index in [1.165, 1.54) is 5.69 Å². The van der Waals surface area contributed by atoms with Gasteiger partial charge in [0.15, 0.2) is 0 Å². The normalized spacial score (nSPS) is 10.2. The monoisotopic (exact) mass is 270 g/mol. The summed E-state index contributed by atoms with van der Waals surface area (Å²) < 4.78 is 0. The van der Waals surface area contributed by atoms with E-state index in [1.807, 2.05) is 36.4 Å². The molecule has 0 saturated heterocycles. The number of anilines is 4. The minimum Gasteiger partial charge on any atom is -0.399 e. The Morgan fingerprint density at radius 3 is 2.00 bits per heavy atom. The van der Waals surface area contributed by atoms with Crippen LogP contribution in [0.1, 0.15) is 6.92 Å². The van der Waals surface area contributed by atoms with Crippen LogP contribution in [-0.4, -0.2) is 19.6 Å². The molecule has 0 amide bonds. The van der Waals surface area contributed by atoms with E-state index < -0.39 is 0 Å². The van der Waals surface area contributed by atoms with Gasteiger partial charge in [-0.3, -0.25) is 0 Å². The van der Waals surface area contributed by atoms with Gasteiger partial charge in [-0.05, 0) is 55.5 Å². The number of rotatable bonds is 6. The minimum atomic E-state index is 0.785. The topological polar surface area (TPSA) is 67.3 Å². The lowest BCUT2D eigenvalue weighted by atomic mass is 10.2. The molecule has 0 aliphatic rings. The van der Waals surface area contributed by atoms with Crippen LogP contribution in [0, 0.1) is 0 Å². The molecule has 0 aliphatic heterocycles. The number of nitrogens with two attached hydrogens (primary N) is 2. The number of nitrogens with one attached hydrogen (secondary N) is 1. The number of hydrogen-bond donors (Lipinski definition) is 3. The van der Waals surface area contributed by atoms with Crippen LogP contribution >= 0.6 is 0 Å². The van der Waals surface area contributed by atoms with E-state index in [0.29, 0.717) is 0 Å². The molecule has 5 N–H and O–H groups in total. The third-order valence-corrected chi connectivity index (χ3v) is 3.26. The summed E-state index contributed by atoms with van der Waals surface area (Å²) in [5, 5.41) is 3.40. The summed E-state index contributed by atoms with van der Waals surface area (Å²) >= 11 is 0. The molecule has 2 rings (SSSR count). The Morgan fingerprint density at radius 1 is 0.900 bits per heavy atom. The lowest BCUT2D eigenvalue weighted by Crippen LogP contribution is -2.28. The van der Waals surface area contributed by atoms with Gasteiger partial charge in [0, 0.05) is 42.4 Å². The molecule has 0 atom stereocenters. The van der Waals surface area contributed by atoms with Crippen LogP contribution in [0.4, 0.5) is 22.7 Å². The van der Waals surface area contributed by atoms with Crippen molar-refractivity contribution in [2.45, 2.75) is 6.92 Å². The van der Waals surface area contributed by atoms with Crippen molar-refractivity contribution in [2.75, 3.05) is 41.3 Å². The Balaban J connectivity index is 1.87. The summed E-state index contributed by atoms with van der Waals surface area (Å²) in [5.41, 5.74) is 15.2. The maximum atomic E-state index is 5.72. The fourth-order valence-electron chi connectivity index (χ4n) is 2.09. The Hall–Kier alpha value is -2.36. The van der Waals surface area contributed by atoms with Crippen LogP contribution in [0.25, 0.3) is 0 Å². The second kappa shape index (κ2) is 6.70. The average molecular weight is 270 g/mol. The zero-order valence-electron chi connectivity index (χ0n) is 11.8. The largest absolute Gasteiger partial charge is 0.399 e. The summed E-state index contributed by atoms with van der Waals surface area (Å²) in [6.45, 7) is 4.93. The van der Waals surface area contributed by atoms with Crippen LogP contribution < -0.4 is 21.7 Å². The predicted molar refractivity (Wildman–Crippen MR) is 88.1 cm³/mol. The van der Waals surface area contributed by atoms with Gasteiger partial charge in [0.25, 0.3) is 0 Å². The van der Waals surface area contributed by atoms with Crippen LogP contribution in [0.5, 0.6) is 0 Å². The molecule has 106 valence electrons. The highest BCUT2D eigenvalue weighted by atomic mass is 15.1. The average Bonchev–Trinajstić information content (AvgIpc) is 2.47. The third-order valence-electron chi connectivity index (χ3n) is 3.26. The first-order chi connectivity index (χ1) is 9.69. The standard InChI is InChI=1S/C16H22N4/c1-2-20(16-9-5-14(18)6-10-16)12-11-19-15-7-3-13(17)4-8-15/h3-10,19H,2,11-12,17-18H2,1H3. The van der Waals surface area contributed by atoms with Gasteiger partial charge >= 0.3 is 0 Å². The first-order valence-corrected chi connectivity index (χ1v) is 6.89. The third kappa shape index (κ3) is 3.82. The summed E-state index contributed by atoms with van der Waals surface area (Å²) in [6, 6.07) is 15.8. The van der Waals surface area contributed by atoms with E-state index in [4.69, 9.17) is 11.5 Å². The van der Waals surface area contributed by atoms with E-state index in [1.54, 1.807) is 0 Å². The number of benzene rings is 2. The predicted octanol–water partition coefficient (Wildman–Crippen LogP) is 2.79. The molecule has 0 saturated carbocycles. The molecular formula is C16H22N4. The summed E-state index contributed by atoms with van der Waals surface area (Å²) in [7, 11) is 0. The van der Waals surface area contributed by atoms with Gasteiger partial charge in [-0.2, -0.15) is 0 Å². The number of hydrogen-bond acceptors (Lipinski definition) is 4. The molecule has 4 heteroatoms. The second-order valence-corrected chi connectivity index (χ2v) is 4.72. The SMILES string of the molecule is CCN(CCNc1ccc(N)cc1)c1ccc(N)cc1. The zero-order valence-corrected chi connectivity index (χ0v) is 11.8. The quantitative estimate of drug-likeness (QED) is 0.706. The van der Waals surface area contributed by atoms with E-state index in [-0.39, 0.29) is 0 Å². The van der Waals surface area contributed by atoms with E-state index >= 15 is 0 Å². The Morgan fingerprint density at radius 2 is 1.45 bits per heavy atom. The van der Waals surface area contributed by atoms with E-state index in [0.717, 1.165) is 36.7 Å². The van der Waals surface area contributed by atoms with Crippen molar-refractivity contribution in [1.82, 2.24) is 0 Å². The maximum Gasteiger partial charge on any atom is 0.0368 e. The molecule has 0 fully saturated rings. The van der Waals surface area contributed by atoms with Gasteiger partial charge in [0.2, 0.25) is 0 Å². The van der Waals surface area contributed by atoms with Crippen molar-refractivity contribution in [3.05, 3.63) is 48.5 Å². The van der Waals surface area contributed by atoms with Gasteiger partial charge in [-0.15, -0.1) is 0 Å². The highest BCUT2D eigenvalue weighted by molar-refractivity contribution is 5.54. The van der Waals surface area contributed by atoms with E-state index in [2.05, 4.69) is 29.3 Å². The summed E-state index contributed by atoms with van der Waals surface area (Å²) in [4.78, 5) is 2.31. The molecule has 0 spiro atoms. The van der Waals surface area contributed by atoms with Crippen molar-refractivity contribution < 1.29 is 0 Å². The molecule has 0 bridgehead atoms. The van der Waals surface area contributed by atoms with Crippen LogP contribution in [0.15, 0.2) is 48.5 Å². The minimum absolute atomic E-state index is 0.785. The van der Waals surface area contributed by atoms with Crippen molar-refractivity contribution in [3.8, 4) is 0 Å². The van der Waals surface area contributed by atoms with Gasteiger partial charge < -0.3 is 21.7 Å². The first-order valence-electron chi connectivity index (χ1n) is 6.89. The lowest BCUT2D eigenvalue weighted by Gasteiger charge is -2.23. The van der Waals surface area contributed by atoms with Crippen LogP contribution in [0.2, 0.25) is 0 Å². The fraction of sp³-hybridized carbons (Fsp3) is 0.250. The van der Waals surface area contributed by atoms with Gasteiger partial charge in [0.1, 0.15) is 0 Å². The molecule has 4 nitrogen and oxygen atoms in total. The molecule has 2 aromatic rings. The molecule has 0 aromatic heterocycles. The summed E-state index contributed by atoms with van der Waals surface area (Å²) in [6.07, 6.45) is 0. The second-order valence-electron chi connectivity index (χ2n) is 4.72. The molecule has 0 radical (unpaired) electrons. The molecule has 0 aliphatic carbocycles. The van der Waals surface area contributed by atoms with Crippen molar-refractivity contribution in [1.29, 1.82) is 0 Å². The highest BCUT2D eigenvalue weighted by Crippen LogP contribution is 2.16. The van der Waals surface area contributed by atoms with Crippen LogP contribution in [0.3, 0.4) is 0 Å². The zero-order chi connectivity index (χ0) is 14.4. The van der Waals surface area contributed by atoms with Crippen molar-refractivity contribution >= 4 is 22.7 Å². The maximum absolute atomic E-state index is 5.72. The molecule has 0 unspecified atom stereocenters. The van der Waals surface area contributed by atoms with Gasteiger partial charge in [-0.25, -0.2) is 0 Å². The molecule has 20 heavy (non-hydrogen) atoms. The van der Waals surface area contributed by atoms with Gasteiger partial charge in [0.05, 0.1) is 0 Å². The summed E-state index contributed by atoms with van der Waals surface area (Å²) in [5.74, 6) is 0. The fourth-order valence-corrected chi connectivity index (χ4v) is 2.09. The smallest absolute Gasteiger partial charge is 0.0368 e. The van der Waals surface area contributed by atoms with Crippen LogP contribution in [-0.2, 0) is 0 Å². The highest BCUT2D eigenvalue weighted by Gasteiger charge is 2.03. The Bertz CT molecular complexity index is 519. The Kier molecular flexibility index (Phi) is 4.71. The van der Waals surface area contributed by atoms with E-state index in [9.17, 15) is 0 Å². The van der Waals surface area contributed by atoms with Gasteiger partial charge in [-0.1, -0.05) is 0 Å². The molecular weight excluding hydrogens is 248 g/mol. The van der Waals surface area contributed by atoms with Crippen molar-refractivity contribution in [3.63, 3.8) is 0 Å².